The maximum atomic E-state index is 2.25. The van der Waals surface area contributed by atoms with E-state index in [2.05, 4.69) is 93.6 Å². The average molecular weight is 262 g/mol. The van der Waals surface area contributed by atoms with Gasteiger partial charge >= 0.3 is 0 Å². The van der Waals surface area contributed by atoms with Gasteiger partial charge in [0.15, 0.2) is 0 Å². The number of hydrogen-bond acceptors (Lipinski definition) is 0. The minimum absolute atomic E-state index is 0.127. The molecule has 0 radical (unpaired) electrons. The van der Waals surface area contributed by atoms with Gasteiger partial charge in [0.25, 0.3) is 0 Å². The third kappa shape index (κ3) is 3.96. The van der Waals surface area contributed by atoms with Crippen molar-refractivity contribution in [1.82, 2.24) is 0 Å². The largest absolute Gasteiger partial charge is 0.0622 e. The van der Waals surface area contributed by atoms with Gasteiger partial charge in [0.1, 0.15) is 0 Å². The Hall–Kier alpha value is -2.08. The first-order valence-corrected chi connectivity index (χ1v) is 7.07. The average Bonchev–Trinajstić information content (AvgIpc) is 2.44. The predicted octanol–water partition coefficient (Wildman–Crippen LogP) is 5.83. The second-order valence-corrected chi connectivity index (χ2v) is 5.97. The first kappa shape index (κ1) is 14.3. The van der Waals surface area contributed by atoms with Gasteiger partial charge in [-0.25, -0.2) is 0 Å². The standard InChI is InChI=1S/C20H22/c1-20(2,3)19(18-14-8-5-9-15-18)16-10-13-17-11-6-4-7-12-17/h4-16H,1-3H3. The summed E-state index contributed by atoms with van der Waals surface area (Å²) >= 11 is 0. The first-order valence-electron chi connectivity index (χ1n) is 7.07. The summed E-state index contributed by atoms with van der Waals surface area (Å²) in [5.41, 5.74) is 4.00. The molecule has 2 rings (SSSR count). The molecule has 102 valence electrons. The molecule has 2 aromatic carbocycles. The van der Waals surface area contributed by atoms with Crippen molar-refractivity contribution in [3.63, 3.8) is 0 Å². The van der Waals surface area contributed by atoms with E-state index in [1.807, 2.05) is 6.07 Å². The van der Waals surface area contributed by atoms with E-state index >= 15 is 0 Å². The molecule has 0 unspecified atom stereocenters. The fraction of sp³-hybridized carbons (Fsp3) is 0.200. The Kier molecular flexibility index (Phi) is 4.57. The smallest absolute Gasteiger partial charge is 0.0126 e. The monoisotopic (exact) mass is 262 g/mol. The molecule has 0 nitrogen and oxygen atoms in total. The molecule has 0 bridgehead atoms. The Morgan fingerprint density at radius 2 is 1.35 bits per heavy atom. The Bertz CT molecular complexity index is 581. The molecule has 0 N–H and O–H groups in total. The third-order valence-electron chi connectivity index (χ3n) is 3.24. The maximum Gasteiger partial charge on any atom is -0.0126 e. The summed E-state index contributed by atoms with van der Waals surface area (Å²) in [7, 11) is 0. The lowest BCUT2D eigenvalue weighted by Crippen LogP contribution is -2.08. The molecular formula is C20H22. The van der Waals surface area contributed by atoms with Gasteiger partial charge in [-0.05, 0) is 22.1 Å². The van der Waals surface area contributed by atoms with Gasteiger partial charge in [0, 0.05) is 0 Å². The SMILES string of the molecule is CC(C)(C)C(=CC=Cc1ccccc1)c1ccccc1. The third-order valence-corrected chi connectivity index (χ3v) is 3.24. The van der Waals surface area contributed by atoms with Crippen LogP contribution >= 0.6 is 0 Å². The summed E-state index contributed by atoms with van der Waals surface area (Å²) in [4.78, 5) is 0. The highest BCUT2D eigenvalue weighted by Gasteiger charge is 2.17. The molecule has 0 aliphatic carbocycles. The number of rotatable bonds is 3. The van der Waals surface area contributed by atoms with Crippen molar-refractivity contribution in [1.29, 1.82) is 0 Å². The highest BCUT2D eigenvalue weighted by Crippen LogP contribution is 2.33. The van der Waals surface area contributed by atoms with Crippen LogP contribution < -0.4 is 0 Å². The summed E-state index contributed by atoms with van der Waals surface area (Å²) in [6, 6.07) is 21.0. The van der Waals surface area contributed by atoms with Crippen molar-refractivity contribution in [2.24, 2.45) is 5.41 Å². The van der Waals surface area contributed by atoms with Crippen LogP contribution in [0.15, 0.2) is 72.8 Å². The Morgan fingerprint density at radius 3 is 1.90 bits per heavy atom. The summed E-state index contributed by atoms with van der Waals surface area (Å²) < 4.78 is 0. The van der Waals surface area contributed by atoms with Crippen LogP contribution in [0.5, 0.6) is 0 Å². The Balaban J connectivity index is 2.29. The van der Waals surface area contributed by atoms with Crippen LogP contribution in [-0.2, 0) is 0 Å². The minimum atomic E-state index is 0.127. The van der Waals surface area contributed by atoms with Gasteiger partial charge < -0.3 is 0 Å². The highest BCUT2D eigenvalue weighted by molar-refractivity contribution is 5.72. The Labute approximate surface area is 122 Å². The van der Waals surface area contributed by atoms with Crippen LogP contribution in [0.25, 0.3) is 11.6 Å². The lowest BCUT2D eigenvalue weighted by atomic mass is 9.82. The molecule has 0 aliphatic rings. The van der Waals surface area contributed by atoms with Gasteiger partial charge in [-0.3, -0.25) is 0 Å². The van der Waals surface area contributed by atoms with Crippen molar-refractivity contribution >= 4 is 11.6 Å². The second-order valence-electron chi connectivity index (χ2n) is 5.97. The molecule has 0 heteroatoms. The quantitative estimate of drug-likeness (QED) is 0.610. The van der Waals surface area contributed by atoms with E-state index < -0.39 is 0 Å². The van der Waals surface area contributed by atoms with Gasteiger partial charge in [-0.15, -0.1) is 0 Å². The van der Waals surface area contributed by atoms with Crippen molar-refractivity contribution in [3.8, 4) is 0 Å². The summed E-state index contributed by atoms with van der Waals surface area (Å²) in [5, 5.41) is 0. The summed E-state index contributed by atoms with van der Waals surface area (Å²) in [5.74, 6) is 0. The van der Waals surface area contributed by atoms with Crippen LogP contribution in [0.3, 0.4) is 0 Å². The molecule has 0 amide bonds. The minimum Gasteiger partial charge on any atom is -0.0622 e. The van der Waals surface area contributed by atoms with Crippen LogP contribution in [0, 0.1) is 5.41 Å². The topological polar surface area (TPSA) is 0 Å². The molecule has 0 saturated carbocycles. The van der Waals surface area contributed by atoms with Crippen molar-refractivity contribution in [3.05, 3.63) is 83.9 Å². The molecule has 20 heavy (non-hydrogen) atoms. The van der Waals surface area contributed by atoms with E-state index in [4.69, 9.17) is 0 Å². The molecule has 0 saturated heterocycles. The Morgan fingerprint density at radius 1 is 0.800 bits per heavy atom. The van der Waals surface area contributed by atoms with E-state index in [0.29, 0.717) is 0 Å². The van der Waals surface area contributed by atoms with Gasteiger partial charge in [0.05, 0.1) is 0 Å². The van der Waals surface area contributed by atoms with E-state index in [0.717, 1.165) is 0 Å². The van der Waals surface area contributed by atoms with E-state index in [1.54, 1.807) is 0 Å². The zero-order valence-corrected chi connectivity index (χ0v) is 12.5. The number of benzene rings is 2. The highest BCUT2D eigenvalue weighted by atomic mass is 14.2. The lowest BCUT2D eigenvalue weighted by Gasteiger charge is -2.23. The van der Waals surface area contributed by atoms with Crippen LogP contribution in [0.1, 0.15) is 31.9 Å². The van der Waals surface area contributed by atoms with Gasteiger partial charge in [-0.1, -0.05) is 99.7 Å². The zero-order valence-electron chi connectivity index (χ0n) is 12.5. The molecule has 2 aromatic rings. The van der Waals surface area contributed by atoms with Crippen LogP contribution in [0.4, 0.5) is 0 Å². The fourth-order valence-corrected chi connectivity index (χ4v) is 2.22. The normalized spacial score (nSPS) is 12.8. The molecule has 0 atom stereocenters. The van der Waals surface area contributed by atoms with Crippen molar-refractivity contribution in [2.75, 3.05) is 0 Å². The maximum absolute atomic E-state index is 2.25. The summed E-state index contributed by atoms with van der Waals surface area (Å²) in [6.45, 7) is 6.76. The number of hydrogen-bond donors (Lipinski definition) is 0. The molecule has 0 spiro atoms. The molecule has 0 aliphatic heterocycles. The lowest BCUT2D eigenvalue weighted by molar-refractivity contribution is 0.567. The van der Waals surface area contributed by atoms with E-state index in [1.165, 1.54) is 16.7 Å². The zero-order chi connectivity index (χ0) is 14.4. The molecular weight excluding hydrogens is 240 g/mol. The van der Waals surface area contributed by atoms with Crippen molar-refractivity contribution < 1.29 is 0 Å². The molecule has 0 aromatic heterocycles. The predicted molar refractivity (Wildman–Crippen MR) is 89.4 cm³/mol. The van der Waals surface area contributed by atoms with E-state index in [9.17, 15) is 0 Å². The fourth-order valence-electron chi connectivity index (χ4n) is 2.22. The summed E-state index contributed by atoms with van der Waals surface area (Å²) in [6.07, 6.45) is 6.51. The van der Waals surface area contributed by atoms with E-state index in [-0.39, 0.29) is 5.41 Å². The molecule has 0 heterocycles. The number of allylic oxidation sites excluding steroid dienone is 3. The van der Waals surface area contributed by atoms with Gasteiger partial charge in [-0.2, -0.15) is 0 Å². The first-order chi connectivity index (χ1) is 9.57. The second kappa shape index (κ2) is 6.38. The van der Waals surface area contributed by atoms with Crippen LogP contribution in [0.2, 0.25) is 0 Å². The van der Waals surface area contributed by atoms with Gasteiger partial charge in [0.2, 0.25) is 0 Å². The molecule has 0 fully saturated rings. The van der Waals surface area contributed by atoms with Crippen LogP contribution in [-0.4, -0.2) is 0 Å². The van der Waals surface area contributed by atoms with Crippen molar-refractivity contribution in [2.45, 2.75) is 20.8 Å².